The fourth-order valence-corrected chi connectivity index (χ4v) is 11.2. The number of nitrogen functional groups attached to an aromatic ring is 6. The summed E-state index contributed by atoms with van der Waals surface area (Å²) in [4.78, 5) is 0. The number of benzene rings is 9. The number of ether oxygens (including phenoxy) is 5. The lowest BCUT2D eigenvalue weighted by atomic mass is 9.68. The van der Waals surface area contributed by atoms with Crippen LogP contribution in [0.25, 0.3) is 0 Å². The van der Waals surface area contributed by atoms with Crippen LogP contribution in [0.1, 0.15) is 89.0 Å². The van der Waals surface area contributed by atoms with E-state index in [1.807, 2.05) is 55.4 Å². The standard InChI is InChI=1S/C41H48F6N2O2.C18H4F12N2O2.C12H4F8N2O/c1-17-15-31(19(3)25(9)35(17)50-37-27(11)21(5)33(48)22(6)28(37)12)39(40(42,43)44,41(45,46)47)32-16-18(2)36(26(10)20(32)4)51-38-29(13)23(7)34(49)24(8)30(38)14;19-1-4(22)13(31)10(28)15(6(1)24)33-17-8(26)3(21)9(27)18(12(17)30)34-16-7(25)2(20)5(23)14(32)11(16)29;13-1-3(15)9(21)7(19)11(5(1)17)23-12-6(18)2(14)4(16)10(22)8(12)20/h15-16H,48-49H2,1-14H3;31-32H2;21-22H2. The summed E-state index contributed by atoms with van der Waals surface area (Å²) in [6.07, 6.45) is -11.6. The molecule has 0 aliphatic rings. The Hall–Kier alpha value is -11.0. The van der Waals surface area contributed by atoms with Gasteiger partial charge < -0.3 is 58.1 Å². The van der Waals surface area contributed by atoms with Gasteiger partial charge in [-0.2, -0.15) is 57.1 Å². The first-order valence-corrected chi connectivity index (χ1v) is 30.3. The largest absolute Gasteiger partial charge is 0.456 e. The van der Waals surface area contributed by atoms with Gasteiger partial charge in [-0.3, -0.25) is 0 Å². The van der Waals surface area contributed by atoms with Crippen LogP contribution in [-0.4, -0.2) is 12.4 Å². The molecular formula is C71H56F26N6O5. The molecule has 0 fully saturated rings. The quantitative estimate of drug-likeness (QED) is 0.0294. The molecule has 0 aliphatic carbocycles. The van der Waals surface area contributed by atoms with Crippen molar-refractivity contribution in [2.75, 3.05) is 34.4 Å². The first kappa shape index (κ1) is 84.2. The molecule has 0 aliphatic heterocycles. The van der Waals surface area contributed by atoms with Crippen molar-refractivity contribution in [2.45, 2.75) is 115 Å². The minimum Gasteiger partial charge on any atom is -0.456 e. The van der Waals surface area contributed by atoms with Gasteiger partial charge >= 0.3 is 12.4 Å². The highest BCUT2D eigenvalue weighted by atomic mass is 19.4. The van der Waals surface area contributed by atoms with E-state index >= 15 is 26.3 Å². The molecule has 582 valence electrons. The predicted molar refractivity (Wildman–Crippen MR) is 343 cm³/mol. The van der Waals surface area contributed by atoms with Gasteiger partial charge in [-0.25, -0.2) is 57.1 Å². The van der Waals surface area contributed by atoms with Crippen LogP contribution in [-0.2, 0) is 5.41 Å². The Kier molecular flexibility index (Phi) is 23.4. The van der Waals surface area contributed by atoms with Crippen molar-refractivity contribution in [1.29, 1.82) is 0 Å². The Balaban J connectivity index is 0.000000245. The van der Waals surface area contributed by atoms with E-state index in [2.05, 4.69) is 14.2 Å². The molecule has 9 aromatic carbocycles. The molecule has 12 N–H and O–H groups in total. The van der Waals surface area contributed by atoms with Crippen LogP contribution in [0.3, 0.4) is 0 Å². The molecule has 0 amide bonds. The van der Waals surface area contributed by atoms with E-state index in [4.69, 9.17) is 43.9 Å². The van der Waals surface area contributed by atoms with Crippen LogP contribution in [0.15, 0.2) is 12.1 Å². The third kappa shape index (κ3) is 13.7. The van der Waals surface area contributed by atoms with Gasteiger partial charge in [0, 0.05) is 11.4 Å². The molecule has 0 bridgehead atoms. The molecule has 0 saturated heterocycles. The number of aryl methyl sites for hydroxylation is 2. The maximum Gasteiger partial charge on any atom is 0.411 e. The predicted octanol–water partition coefficient (Wildman–Crippen LogP) is 22.0. The van der Waals surface area contributed by atoms with Crippen molar-refractivity contribution in [3.8, 4) is 57.5 Å². The van der Waals surface area contributed by atoms with E-state index < -0.39 is 202 Å². The lowest BCUT2D eigenvalue weighted by molar-refractivity contribution is -0.289. The molecular weight excluding hydrogens is 1510 g/mol. The van der Waals surface area contributed by atoms with Gasteiger partial charge in [-0.05, 0) is 186 Å². The Morgan fingerprint density at radius 1 is 0.194 bits per heavy atom. The second kappa shape index (κ2) is 30.0. The number of halogens is 26. The highest BCUT2D eigenvalue weighted by molar-refractivity contribution is 5.69. The summed E-state index contributed by atoms with van der Waals surface area (Å²) in [5.74, 6) is -59.0. The van der Waals surface area contributed by atoms with Crippen molar-refractivity contribution in [1.82, 2.24) is 0 Å². The second-order valence-corrected chi connectivity index (χ2v) is 24.3. The monoisotopic (exact) mass is 1570 g/mol. The van der Waals surface area contributed by atoms with Gasteiger partial charge in [-0.1, -0.05) is 12.1 Å². The molecule has 0 spiro atoms. The Bertz CT molecular complexity index is 4770. The SMILES string of the molecule is Cc1cc(C(c2cc(C)c(Oc3c(C)c(C)c(N)c(C)c3C)c(C)c2C)(C(F)(F)F)C(F)(F)F)c(C)c(C)c1Oc1c(C)c(C)c(N)c(C)c1C.Nc1c(F)c(F)c(F)c(Oc2c(F)c(F)c(F)c(Oc3c(F)c(N)c(F)c(F)c3F)c2F)c1F.Nc1c(F)c(F)c(F)c(Oc2c(F)c(N)c(F)c(F)c2F)c1F. The van der Waals surface area contributed by atoms with Gasteiger partial charge in [-0.15, -0.1) is 0 Å². The molecule has 0 saturated carbocycles. The smallest absolute Gasteiger partial charge is 0.411 e. The van der Waals surface area contributed by atoms with E-state index in [1.54, 1.807) is 0 Å². The van der Waals surface area contributed by atoms with Crippen molar-refractivity contribution in [2.24, 2.45) is 0 Å². The minimum atomic E-state index is -5.79. The normalized spacial score (nSPS) is 11.7. The molecule has 11 nitrogen and oxygen atoms in total. The van der Waals surface area contributed by atoms with Crippen molar-refractivity contribution in [3.63, 3.8) is 0 Å². The van der Waals surface area contributed by atoms with Gasteiger partial charge in [0.05, 0.1) is 0 Å². The topological polar surface area (TPSA) is 202 Å². The van der Waals surface area contributed by atoms with Gasteiger partial charge in [0.15, 0.2) is 46.5 Å². The van der Waals surface area contributed by atoms with Crippen molar-refractivity contribution >= 4 is 34.1 Å². The van der Waals surface area contributed by atoms with Gasteiger partial charge in [0.25, 0.3) is 0 Å². The highest BCUT2D eigenvalue weighted by Crippen LogP contribution is 2.60. The fraction of sp³-hybridized carbons (Fsp3) is 0.239. The summed E-state index contributed by atoms with van der Waals surface area (Å²) in [7, 11) is 0. The Morgan fingerprint density at radius 2 is 0.370 bits per heavy atom. The van der Waals surface area contributed by atoms with Crippen LogP contribution in [0.4, 0.5) is 148 Å². The summed E-state index contributed by atoms with van der Waals surface area (Å²) in [5, 5.41) is 0. The Morgan fingerprint density at radius 3 is 0.574 bits per heavy atom. The first-order chi connectivity index (χ1) is 49.6. The summed E-state index contributed by atoms with van der Waals surface area (Å²) in [5.41, 5.74) is 26.3. The summed E-state index contributed by atoms with van der Waals surface area (Å²) >= 11 is 0. The molecule has 9 rings (SSSR count). The van der Waals surface area contributed by atoms with E-state index in [1.165, 1.54) is 41.5 Å². The van der Waals surface area contributed by atoms with E-state index in [-0.39, 0.29) is 44.9 Å². The van der Waals surface area contributed by atoms with Crippen molar-refractivity contribution in [3.05, 3.63) is 217 Å². The third-order valence-corrected chi connectivity index (χ3v) is 18.2. The lowest BCUT2D eigenvalue weighted by Crippen LogP contribution is -2.55. The zero-order chi connectivity index (χ0) is 82.5. The first-order valence-electron chi connectivity index (χ1n) is 30.3. The number of rotatable bonds is 12. The fourth-order valence-electron chi connectivity index (χ4n) is 11.2. The Labute approximate surface area is 594 Å². The van der Waals surface area contributed by atoms with Crippen molar-refractivity contribution < 1.29 is 138 Å². The minimum absolute atomic E-state index is 0.128. The van der Waals surface area contributed by atoms with Crippen LogP contribution < -0.4 is 58.1 Å². The summed E-state index contributed by atoms with van der Waals surface area (Å²) in [6.45, 7) is 23.1. The average molecular weight is 1570 g/mol. The highest BCUT2D eigenvalue weighted by Gasteiger charge is 2.73. The summed E-state index contributed by atoms with van der Waals surface area (Å²) < 4.78 is 391. The molecule has 0 atom stereocenters. The molecule has 0 radical (unpaired) electrons. The maximum atomic E-state index is 15.7. The number of hydrogen-bond acceptors (Lipinski definition) is 11. The molecule has 108 heavy (non-hydrogen) atoms. The average Bonchev–Trinajstić information content (AvgIpc) is 0.696. The molecule has 0 aromatic heterocycles. The van der Waals surface area contributed by atoms with Crippen LogP contribution in [0.5, 0.6) is 57.5 Å². The zero-order valence-electron chi connectivity index (χ0n) is 58.0. The third-order valence-electron chi connectivity index (χ3n) is 18.2. The van der Waals surface area contributed by atoms with Crippen LogP contribution in [0.2, 0.25) is 0 Å². The van der Waals surface area contributed by atoms with E-state index in [9.17, 15) is 87.8 Å². The molecule has 0 unspecified atom stereocenters. The van der Waals surface area contributed by atoms with Gasteiger partial charge in [0.2, 0.25) is 110 Å². The number of alkyl halides is 6. The maximum absolute atomic E-state index is 15.7. The number of anilines is 6. The second-order valence-electron chi connectivity index (χ2n) is 24.3. The summed E-state index contributed by atoms with van der Waals surface area (Å²) in [6, 6.07) is 1.95. The molecule has 0 heterocycles. The molecule has 37 heteroatoms. The molecule has 9 aromatic rings. The lowest BCUT2D eigenvalue weighted by Gasteiger charge is -2.41. The van der Waals surface area contributed by atoms with Crippen LogP contribution >= 0.6 is 0 Å². The zero-order valence-corrected chi connectivity index (χ0v) is 58.0. The number of hydrogen-bond donors (Lipinski definition) is 6. The van der Waals surface area contributed by atoms with Crippen LogP contribution in [0, 0.1) is 213 Å². The van der Waals surface area contributed by atoms with Gasteiger partial charge in [0.1, 0.15) is 45.7 Å². The number of nitrogens with two attached hydrogens (primary N) is 6. The van der Waals surface area contributed by atoms with E-state index in [0.717, 1.165) is 56.6 Å². The van der Waals surface area contributed by atoms with E-state index in [0.29, 0.717) is 22.9 Å².